The van der Waals surface area contributed by atoms with Crippen LogP contribution in [0.2, 0.25) is 0 Å². The maximum absolute atomic E-state index is 10.9. The highest BCUT2D eigenvalue weighted by Crippen LogP contribution is 2.21. The number of hydrogen-bond acceptors (Lipinski definition) is 3. The molecule has 0 saturated heterocycles. The van der Waals surface area contributed by atoms with Crippen LogP contribution in [-0.2, 0) is 9.53 Å². The number of ketones is 1. The van der Waals surface area contributed by atoms with Crippen LogP contribution in [0.4, 0.5) is 0 Å². The van der Waals surface area contributed by atoms with Crippen molar-refractivity contribution < 1.29 is 14.6 Å². The second-order valence-electron chi connectivity index (χ2n) is 2.74. The third-order valence-corrected chi connectivity index (χ3v) is 1.82. The first-order valence-electron chi connectivity index (χ1n) is 3.64. The van der Waals surface area contributed by atoms with Gasteiger partial charge in [0.25, 0.3) is 0 Å². The molecule has 1 aliphatic carbocycles. The number of carbonyl (C=O) groups excluding carboxylic acids is 1. The lowest BCUT2D eigenvalue weighted by Gasteiger charge is -2.18. The summed E-state index contributed by atoms with van der Waals surface area (Å²) in [6.45, 7) is 0.0619. The minimum Gasteiger partial charge on any atom is -0.501 e. The second kappa shape index (κ2) is 3.53. The molecule has 3 heteroatoms. The smallest absolute Gasteiger partial charge is 0.159 e. The zero-order valence-corrected chi connectivity index (χ0v) is 6.54. The summed E-state index contributed by atoms with van der Waals surface area (Å²) < 4.78 is 4.92. The van der Waals surface area contributed by atoms with E-state index in [0.717, 1.165) is 0 Å². The van der Waals surface area contributed by atoms with Gasteiger partial charge in [0, 0.05) is 25.5 Å². The molecule has 11 heavy (non-hydrogen) atoms. The van der Waals surface area contributed by atoms with Crippen molar-refractivity contribution in [1.82, 2.24) is 0 Å². The van der Waals surface area contributed by atoms with Gasteiger partial charge in [-0.2, -0.15) is 0 Å². The van der Waals surface area contributed by atoms with E-state index in [1.807, 2.05) is 0 Å². The summed E-state index contributed by atoms with van der Waals surface area (Å²) in [7, 11) is 1.54. The van der Waals surface area contributed by atoms with Crippen LogP contribution in [0.1, 0.15) is 12.8 Å². The van der Waals surface area contributed by atoms with Gasteiger partial charge >= 0.3 is 0 Å². The molecule has 1 rings (SSSR count). The van der Waals surface area contributed by atoms with E-state index in [-0.39, 0.29) is 18.3 Å². The fourth-order valence-corrected chi connectivity index (χ4v) is 1.21. The summed E-state index contributed by atoms with van der Waals surface area (Å²) in [5, 5.41) is 8.79. The molecule has 0 aromatic carbocycles. The number of methoxy groups -OCH3 is 1. The summed E-state index contributed by atoms with van der Waals surface area (Å²) >= 11 is 0. The topological polar surface area (TPSA) is 46.5 Å². The predicted octanol–water partition coefficient (Wildman–Crippen LogP) is 0.488. The molecule has 0 amide bonds. The Morgan fingerprint density at radius 3 is 3.00 bits per heavy atom. The predicted molar refractivity (Wildman–Crippen MR) is 39.9 cm³/mol. The molecule has 3 nitrogen and oxygen atoms in total. The van der Waals surface area contributed by atoms with Crippen LogP contribution in [0.15, 0.2) is 11.8 Å². The SMILES string of the molecule is COC1=CC(=O)C[C@H](CO)C1. The van der Waals surface area contributed by atoms with Crippen LogP contribution in [0.5, 0.6) is 0 Å². The van der Waals surface area contributed by atoms with Gasteiger partial charge in [-0.25, -0.2) is 0 Å². The van der Waals surface area contributed by atoms with E-state index in [2.05, 4.69) is 0 Å². The fraction of sp³-hybridized carbons (Fsp3) is 0.625. The maximum Gasteiger partial charge on any atom is 0.159 e. The van der Waals surface area contributed by atoms with Crippen LogP contribution >= 0.6 is 0 Å². The molecule has 0 aliphatic heterocycles. The summed E-state index contributed by atoms with van der Waals surface area (Å²) in [6.07, 6.45) is 2.63. The number of carbonyl (C=O) groups is 1. The molecule has 0 aromatic heterocycles. The zero-order valence-electron chi connectivity index (χ0n) is 6.54. The molecule has 0 fully saturated rings. The van der Waals surface area contributed by atoms with Crippen LogP contribution in [0.3, 0.4) is 0 Å². The Kier molecular flexibility index (Phi) is 2.65. The zero-order chi connectivity index (χ0) is 8.27. The Morgan fingerprint density at radius 1 is 1.73 bits per heavy atom. The number of rotatable bonds is 2. The molecule has 0 unspecified atom stereocenters. The van der Waals surface area contributed by atoms with Gasteiger partial charge in [-0.3, -0.25) is 4.79 Å². The van der Waals surface area contributed by atoms with Gasteiger partial charge in [0.1, 0.15) is 0 Å². The van der Waals surface area contributed by atoms with Gasteiger partial charge in [0.2, 0.25) is 0 Å². The van der Waals surface area contributed by atoms with Crippen LogP contribution in [0, 0.1) is 5.92 Å². The third-order valence-electron chi connectivity index (χ3n) is 1.82. The van der Waals surface area contributed by atoms with Gasteiger partial charge < -0.3 is 9.84 Å². The van der Waals surface area contributed by atoms with Crippen LogP contribution < -0.4 is 0 Å². The first-order valence-corrected chi connectivity index (χ1v) is 3.64. The average Bonchev–Trinajstić information content (AvgIpc) is 2.03. The van der Waals surface area contributed by atoms with Crippen molar-refractivity contribution >= 4 is 5.78 Å². The number of ether oxygens (including phenoxy) is 1. The summed E-state index contributed by atoms with van der Waals surface area (Å²) in [5.74, 6) is 0.787. The highest BCUT2D eigenvalue weighted by molar-refractivity contribution is 5.91. The molecular formula is C8H12O3. The van der Waals surface area contributed by atoms with E-state index in [4.69, 9.17) is 9.84 Å². The van der Waals surface area contributed by atoms with Gasteiger partial charge in [-0.05, 0) is 5.92 Å². The van der Waals surface area contributed by atoms with Gasteiger partial charge in [-0.15, -0.1) is 0 Å². The van der Waals surface area contributed by atoms with Crippen LogP contribution in [-0.4, -0.2) is 24.6 Å². The molecule has 1 atom stereocenters. The van der Waals surface area contributed by atoms with Gasteiger partial charge in [0.15, 0.2) is 5.78 Å². The highest BCUT2D eigenvalue weighted by atomic mass is 16.5. The average molecular weight is 156 g/mol. The molecule has 1 N–H and O–H groups in total. The molecule has 0 spiro atoms. The lowest BCUT2D eigenvalue weighted by Crippen LogP contribution is -2.17. The summed E-state index contributed by atoms with van der Waals surface area (Å²) in [5.41, 5.74) is 0. The summed E-state index contributed by atoms with van der Waals surface area (Å²) in [4.78, 5) is 10.9. The van der Waals surface area contributed by atoms with Crippen molar-refractivity contribution in [3.63, 3.8) is 0 Å². The molecule has 0 saturated carbocycles. The summed E-state index contributed by atoms with van der Waals surface area (Å²) in [6, 6.07) is 0. The van der Waals surface area contributed by atoms with Crippen molar-refractivity contribution in [3.8, 4) is 0 Å². The van der Waals surface area contributed by atoms with E-state index >= 15 is 0 Å². The number of aliphatic hydroxyl groups excluding tert-OH is 1. The maximum atomic E-state index is 10.9. The second-order valence-corrected chi connectivity index (χ2v) is 2.74. The largest absolute Gasteiger partial charge is 0.501 e. The molecule has 0 aromatic rings. The third kappa shape index (κ3) is 2.05. The van der Waals surface area contributed by atoms with E-state index < -0.39 is 0 Å². The standard InChI is InChI=1S/C8H12O3/c1-11-8-3-6(5-9)2-7(10)4-8/h4,6,9H,2-3,5H2,1H3/t6-/m0/s1. The molecule has 62 valence electrons. The Morgan fingerprint density at radius 2 is 2.45 bits per heavy atom. The van der Waals surface area contributed by atoms with Crippen molar-refractivity contribution in [2.75, 3.05) is 13.7 Å². The van der Waals surface area contributed by atoms with E-state index in [1.54, 1.807) is 7.11 Å². The van der Waals surface area contributed by atoms with Crippen molar-refractivity contribution in [2.24, 2.45) is 5.92 Å². The van der Waals surface area contributed by atoms with Crippen molar-refractivity contribution in [2.45, 2.75) is 12.8 Å². The Hall–Kier alpha value is -0.830. The van der Waals surface area contributed by atoms with Crippen LogP contribution in [0.25, 0.3) is 0 Å². The van der Waals surface area contributed by atoms with Gasteiger partial charge in [0.05, 0.1) is 12.9 Å². The first-order chi connectivity index (χ1) is 5.26. The molecule has 0 heterocycles. The van der Waals surface area contributed by atoms with Crippen molar-refractivity contribution in [3.05, 3.63) is 11.8 Å². The number of allylic oxidation sites excluding steroid dienone is 2. The normalized spacial score (nSPS) is 24.7. The molecular weight excluding hydrogens is 144 g/mol. The van der Waals surface area contributed by atoms with E-state index in [0.29, 0.717) is 18.6 Å². The van der Waals surface area contributed by atoms with E-state index in [9.17, 15) is 4.79 Å². The quantitative estimate of drug-likeness (QED) is 0.632. The highest BCUT2D eigenvalue weighted by Gasteiger charge is 2.19. The minimum absolute atomic E-state index is 0.0483. The first kappa shape index (κ1) is 8.27. The molecule has 0 radical (unpaired) electrons. The lowest BCUT2D eigenvalue weighted by molar-refractivity contribution is -0.116. The molecule has 1 aliphatic rings. The van der Waals surface area contributed by atoms with Crippen molar-refractivity contribution in [1.29, 1.82) is 0 Å². The number of aliphatic hydroxyl groups is 1. The molecule has 0 bridgehead atoms. The Labute approximate surface area is 65.7 Å². The van der Waals surface area contributed by atoms with E-state index in [1.165, 1.54) is 6.08 Å². The minimum atomic E-state index is 0.0483. The number of hydrogen-bond donors (Lipinski definition) is 1. The fourth-order valence-electron chi connectivity index (χ4n) is 1.21. The Bertz CT molecular complexity index is 184. The monoisotopic (exact) mass is 156 g/mol. The lowest BCUT2D eigenvalue weighted by atomic mass is 9.93. The Balaban J connectivity index is 2.61. The van der Waals surface area contributed by atoms with Gasteiger partial charge in [-0.1, -0.05) is 0 Å².